The quantitative estimate of drug-likeness (QED) is 0.852. The minimum absolute atomic E-state index is 0.281. The SMILES string of the molecule is OC(CCC1CCCO1)c1cccc(F)c1. The average molecular weight is 224 g/mol. The average Bonchev–Trinajstić information content (AvgIpc) is 2.78. The first kappa shape index (κ1) is 11.6. The van der Waals surface area contributed by atoms with Crippen LogP contribution in [0.15, 0.2) is 24.3 Å². The topological polar surface area (TPSA) is 29.5 Å². The van der Waals surface area contributed by atoms with Gasteiger partial charge in [-0.25, -0.2) is 4.39 Å². The van der Waals surface area contributed by atoms with Gasteiger partial charge in [-0.2, -0.15) is 0 Å². The fourth-order valence-electron chi connectivity index (χ4n) is 2.10. The van der Waals surface area contributed by atoms with Crippen molar-refractivity contribution in [3.05, 3.63) is 35.6 Å². The molecule has 88 valence electrons. The summed E-state index contributed by atoms with van der Waals surface area (Å²) >= 11 is 0. The van der Waals surface area contributed by atoms with Crippen LogP contribution >= 0.6 is 0 Å². The Bertz CT molecular complexity index is 334. The van der Waals surface area contributed by atoms with Crippen LogP contribution in [0.5, 0.6) is 0 Å². The Hall–Kier alpha value is -0.930. The maximum absolute atomic E-state index is 12.9. The number of rotatable bonds is 4. The molecule has 1 aromatic rings. The Morgan fingerprint density at radius 3 is 3.06 bits per heavy atom. The summed E-state index contributed by atoms with van der Waals surface area (Å²) in [5.41, 5.74) is 0.651. The molecule has 16 heavy (non-hydrogen) atoms. The van der Waals surface area contributed by atoms with Crippen LogP contribution < -0.4 is 0 Å². The molecule has 1 N–H and O–H groups in total. The summed E-state index contributed by atoms with van der Waals surface area (Å²) in [6.07, 6.45) is 3.37. The van der Waals surface area contributed by atoms with Gasteiger partial charge in [0.2, 0.25) is 0 Å². The van der Waals surface area contributed by atoms with E-state index in [1.54, 1.807) is 12.1 Å². The molecular formula is C13H17FO2. The van der Waals surface area contributed by atoms with E-state index >= 15 is 0 Å². The highest BCUT2D eigenvalue weighted by molar-refractivity contribution is 5.18. The minimum atomic E-state index is -0.583. The molecule has 2 nitrogen and oxygen atoms in total. The van der Waals surface area contributed by atoms with E-state index in [4.69, 9.17) is 4.74 Å². The number of benzene rings is 1. The molecule has 0 amide bonds. The normalized spacial score (nSPS) is 22.2. The number of ether oxygens (including phenoxy) is 1. The highest BCUT2D eigenvalue weighted by atomic mass is 19.1. The van der Waals surface area contributed by atoms with Crippen molar-refractivity contribution in [3.63, 3.8) is 0 Å². The van der Waals surface area contributed by atoms with Crippen LogP contribution in [0.25, 0.3) is 0 Å². The summed E-state index contributed by atoms with van der Waals surface area (Å²) in [5.74, 6) is -0.298. The molecule has 1 aliphatic heterocycles. The van der Waals surface area contributed by atoms with Gasteiger partial charge < -0.3 is 9.84 Å². The van der Waals surface area contributed by atoms with Crippen molar-refractivity contribution in [2.24, 2.45) is 0 Å². The van der Waals surface area contributed by atoms with Crippen LogP contribution in [-0.4, -0.2) is 17.8 Å². The van der Waals surface area contributed by atoms with Crippen LogP contribution in [0.1, 0.15) is 37.4 Å². The molecule has 0 bridgehead atoms. The summed E-state index contributed by atoms with van der Waals surface area (Å²) in [6, 6.07) is 6.15. The van der Waals surface area contributed by atoms with Crippen molar-refractivity contribution in [1.82, 2.24) is 0 Å². The Morgan fingerprint density at radius 1 is 1.50 bits per heavy atom. The molecular weight excluding hydrogens is 207 g/mol. The van der Waals surface area contributed by atoms with Crippen molar-refractivity contribution in [2.45, 2.75) is 37.9 Å². The first-order valence-electron chi connectivity index (χ1n) is 5.81. The maximum Gasteiger partial charge on any atom is 0.123 e. The van der Waals surface area contributed by atoms with E-state index in [0.717, 1.165) is 25.9 Å². The summed E-state index contributed by atoms with van der Waals surface area (Å²) in [5, 5.41) is 9.88. The molecule has 0 saturated carbocycles. The third kappa shape index (κ3) is 3.03. The second kappa shape index (κ2) is 5.41. The lowest BCUT2D eigenvalue weighted by Crippen LogP contribution is -2.08. The fourth-order valence-corrected chi connectivity index (χ4v) is 2.10. The van der Waals surface area contributed by atoms with Gasteiger partial charge in [-0.3, -0.25) is 0 Å². The lowest BCUT2D eigenvalue weighted by molar-refractivity contribution is 0.0811. The lowest BCUT2D eigenvalue weighted by atomic mass is 10.0. The van der Waals surface area contributed by atoms with Gasteiger partial charge in [0, 0.05) is 6.61 Å². The molecule has 1 heterocycles. The van der Waals surface area contributed by atoms with Gasteiger partial charge in [0.1, 0.15) is 5.82 Å². The third-order valence-electron chi connectivity index (χ3n) is 3.02. The van der Waals surface area contributed by atoms with Gasteiger partial charge in [0.15, 0.2) is 0 Å². The van der Waals surface area contributed by atoms with E-state index < -0.39 is 6.10 Å². The highest BCUT2D eigenvalue weighted by Gasteiger charge is 2.17. The number of halogens is 1. The van der Waals surface area contributed by atoms with Crippen LogP contribution in [0, 0.1) is 5.82 Å². The number of aliphatic hydroxyl groups is 1. The van der Waals surface area contributed by atoms with Crippen molar-refractivity contribution in [1.29, 1.82) is 0 Å². The Kier molecular flexibility index (Phi) is 3.91. The van der Waals surface area contributed by atoms with Crippen molar-refractivity contribution < 1.29 is 14.2 Å². The molecule has 1 aromatic carbocycles. The van der Waals surface area contributed by atoms with E-state index in [-0.39, 0.29) is 11.9 Å². The molecule has 2 rings (SSSR count). The van der Waals surface area contributed by atoms with Crippen molar-refractivity contribution >= 4 is 0 Å². The molecule has 2 unspecified atom stereocenters. The summed E-state index contributed by atoms with van der Waals surface area (Å²) < 4.78 is 18.4. The Balaban J connectivity index is 1.85. The predicted octanol–water partition coefficient (Wildman–Crippen LogP) is 2.82. The van der Waals surface area contributed by atoms with Crippen molar-refractivity contribution in [3.8, 4) is 0 Å². The largest absolute Gasteiger partial charge is 0.388 e. The van der Waals surface area contributed by atoms with Gasteiger partial charge in [0.25, 0.3) is 0 Å². The molecule has 1 aliphatic rings. The Morgan fingerprint density at radius 2 is 2.38 bits per heavy atom. The summed E-state index contributed by atoms with van der Waals surface area (Å²) in [4.78, 5) is 0. The first-order chi connectivity index (χ1) is 7.75. The first-order valence-corrected chi connectivity index (χ1v) is 5.81. The minimum Gasteiger partial charge on any atom is -0.388 e. The molecule has 0 spiro atoms. The van der Waals surface area contributed by atoms with Gasteiger partial charge >= 0.3 is 0 Å². The van der Waals surface area contributed by atoms with Crippen LogP contribution in [0.3, 0.4) is 0 Å². The highest BCUT2D eigenvalue weighted by Crippen LogP contribution is 2.24. The van der Waals surface area contributed by atoms with E-state index in [1.165, 1.54) is 12.1 Å². The zero-order valence-electron chi connectivity index (χ0n) is 9.23. The van der Waals surface area contributed by atoms with Crippen molar-refractivity contribution in [2.75, 3.05) is 6.61 Å². The fraction of sp³-hybridized carbons (Fsp3) is 0.538. The number of aliphatic hydroxyl groups excluding tert-OH is 1. The van der Waals surface area contributed by atoms with E-state index in [9.17, 15) is 9.50 Å². The molecule has 0 aliphatic carbocycles. The Labute approximate surface area is 95.1 Å². The number of hydrogen-bond donors (Lipinski definition) is 1. The monoisotopic (exact) mass is 224 g/mol. The van der Waals surface area contributed by atoms with Crippen LogP contribution in [0.4, 0.5) is 4.39 Å². The number of hydrogen-bond acceptors (Lipinski definition) is 2. The van der Waals surface area contributed by atoms with E-state index in [0.29, 0.717) is 12.0 Å². The molecule has 1 fully saturated rings. The van der Waals surface area contributed by atoms with Crippen LogP contribution in [0.2, 0.25) is 0 Å². The zero-order valence-corrected chi connectivity index (χ0v) is 9.23. The van der Waals surface area contributed by atoms with Gasteiger partial charge in [-0.05, 0) is 43.4 Å². The van der Waals surface area contributed by atoms with E-state index in [2.05, 4.69) is 0 Å². The molecule has 0 aromatic heterocycles. The molecule has 2 atom stereocenters. The van der Waals surface area contributed by atoms with Gasteiger partial charge in [-0.1, -0.05) is 12.1 Å². The molecule has 1 saturated heterocycles. The van der Waals surface area contributed by atoms with Gasteiger partial charge in [0.05, 0.1) is 12.2 Å². The third-order valence-corrected chi connectivity index (χ3v) is 3.02. The van der Waals surface area contributed by atoms with Crippen LogP contribution in [-0.2, 0) is 4.74 Å². The second-order valence-electron chi connectivity index (χ2n) is 4.28. The maximum atomic E-state index is 12.9. The standard InChI is InChI=1S/C13H17FO2/c14-11-4-1-3-10(9-11)13(15)7-6-12-5-2-8-16-12/h1,3-4,9,12-13,15H,2,5-8H2. The summed E-state index contributed by atoms with van der Waals surface area (Å²) in [6.45, 7) is 0.834. The predicted molar refractivity (Wildman–Crippen MR) is 59.6 cm³/mol. The van der Waals surface area contributed by atoms with Gasteiger partial charge in [-0.15, -0.1) is 0 Å². The molecule has 3 heteroatoms. The van der Waals surface area contributed by atoms with E-state index in [1.807, 2.05) is 0 Å². The smallest absolute Gasteiger partial charge is 0.123 e. The lowest BCUT2D eigenvalue weighted by Gasteiger charge is -2.14. The zero-order chi connectivity index (χ0) is 11.4. The molecule has 0 radical (unpaired) electrons. The summed E-state index contributed by atoms with van der Waals surface area (Å²) in [7, 11) is 0. The second-order valence-corrected chi connectivity index (χ2v) is 4.28.